The topological polar surface area (TPSA) is 67.8 Å². The van der Waals surface area contributed by atoms with Crippen molar-refractivity contribution in [3.8, 4) is 0 Å². The highest BCUT2D eigenvalue weighted by atomic mass is 16.5. The van der Waals surface area contributed by atoms with E-state index in [4.69, 9.17) is 9.47 Å². The SMILES string of the molecule is COCCNC1(C(=O)O)CCCOCC1. The van der Waals surface area contributed by atoms with E-state index in [1.165, 1.54) is 0 Å². The highest BCUT2D eigenvalue weighted by Crippen LogP contribution is 2.21. The molecule has 1 rings (SSSR count). The van der Waals surface area contributed by atoms with Crippen LogP contribution >= 0.6 is 0 Å². The number of hydrogen-bond donors (Lipinski definition) is 2. The maximum atomic E-state index is 11.3. The van der Waals surface area contributed by atoms with Gasteiger partial charge < -0.3 is 14.6 Å². The van der Waals surface area contributed by atoms with Crippen molar-refractivity contribution < 1.29 is 19.4 Å². The zero-order valence-corrected chi connectivity index (χ0v) is 9.12. The van der Waals surface area contributed by atoms with Gasteiger partial charge in [-0.3, -0.25) is 10.1 Å². The molecule has 0 aromatic rings. The molecule has 0 amide bonds. The summed E-state index contributed by atoms with van der Waals surface area (Å²) in [5.74, 6) is -0.788. The van der Waals surface area contributed by atoms with Crippen LogP contribution in [0.2, 0.25) is 0 Å². The van der Waals surface area contributed by atoms with E-state index in [0.29, 0.717) is 39.2 Å². The number of carbonyl (C=O) groups is 1. The molecular weight excluding hydrogens is 198 g/mol. The predicted molar refractivity (Wildman–Crippen MR) is 54.9 cm³/mol. The van der Waals surface area contributed by atoms with Crippen LogP contribution in [0.3, 0.4) is 0 Å². The highest BCUT2D eigenvalue weighted by Gasteiger charge is 2.38. The molecule has 5 nitrogen and oxygen atoms in total. The Kier molecular flexibility index (Phi) is 5.01. The largest absolute Gasteiger partial charge is 0.480 e. The first kappa shape index (κ1) is 12.4. The number of rotatable bonds is 5. The molecule has 0 radical (unpaired) electrons. The first-order chi connectivity index (χ1) is 7.21. The van der Waals surface area contributed by atoms with Crippen molar-refractivity contribution in [2.24, 2.45) is 0 Å². The molecule has 1 unspecified atom stereocenters. The quantitative estimate of drug-likeness (QED) is 0.646. The van der Waals surface area contributed by atoms with E-state index in [-0.39, 0.29) is 0 Å². The fourth-order valence-corrected chi connectivity index (χ4v) is 1.81. The normalized spacial score (nSPS) is 27.3. The number of nitrogens with one attached hydrogen (secondary N) is 1. The van der Waals surface area contributed by atoms with Crippen LogP contribution in [0.25, 0.3) is 0 Å². The van der Waals surface area contributed by atoms with Crippen molar-refractivity contribution in [3.05, 3.63) is 0 Å². The first-order valence-electron chi connectivity index (χ1n) is 5.26. The van der Waals surface area contributed by atoms with Crippen molar-refractivity contribution in [2.75, 3.05) is 33.5 Å². The average molecular weight is 217 g/mol. The zero-order valence-electron chi connectivity index (χ0n) is 9.12. The van der Waals surface area contributed by atoms with Gasteiger partial charge >= 0.3 is 5.97 Å². The van der Waals surface area contributed by atoms with Crippen LogP contribution < -0.4 is 5.32 Å². The van der Waals surface area contributed by atoms with Crippen LogP contribution in [-0.2, 0) is 14.3 Å². The molecule has 0 spiro atoms. The number of ether oxygens (including phenoxy) is 2. The highest BCUT2D eigenvalue weighted by molar-refractivity contribution is 5.78. The maximum Gasteiger partial charge on any atom is 0.323 e. The summed E-state index contributed by atoms with van der Waals surface area (Å²) in [4.78, 5) is 11.3. The number of aliphatic carboxylic acids is 1. The lowest BCUT2D eigenvalue weighted by Crippen LogP contribution is -2.53. The monoisotopic (exact) mass is 217 g/mol. The van der Waals surface area contributed by atoms with E-state index in [1.54, 1.807) is 7.11 Å². The summed E-state index contributed by atoms with van der Waals surface area (Å²) in [6.45, 7) is 2.24. The van der Waals surface area contributed by atoms with Crippen LogP contribution in [0.15, 0.2) is 0 Å². The number of carboxylic acid groups (broad SMARTS) is 1. The lowest BCUT2D eigenvalue weighted by molar-refractivity contribution is -0.145. The van der Waals surface area contributed by atoms with Gasteiger partial charge in [0.15, 0.2) is 0 Å². The van der Waals surface area contributed by atoms with Crippen molar-refractivity contribution >= 4 is 5.97 Å². The molecule has 15 heavy (non-hydrogen) atoms. The van der Waals surface area contributed by atoms with Gasteiger partial charge in [0.05, 0.1) is 6.61 Å². The molecule has 1 aliphatic heterocycles. The molecule has 1 atom stereocenters. The van der Waals surface area contributed by atoms with E-state index in [2.05, 4.69) is 5.32 Å². The van der Waals surface area contributed by atoms with Gasteiger partial charge in [0.2, 0.25) is 0 Å². The van der Waals surface area contributed by atoms with Gasteiger partial charge in [-0.05, 0) is 19.3 Å². The third-order valence-corrected chi connectivity index (χ3v) is 2.74. The predicted octanol–water partition coefficient (Wildman–Crippen LogP) is 0.246. The Morgan fingerprint density at radius 3 is 3.00 bits per heavy atom. The molecule has 1 fully saturated rings. The summed E-state index contributed by atoms with van der Waals surface area (Å²) >= 11 is 0. The fourth-order valence-electron chi connectivity index (χ4n) is 1.81. The smallest absolute Gasteiger partial charge is 0.323 e. The summed E-state index contributed by atoms with van der Waals surface area (Å²) in [5, 5.41) is 12.3. The van der Waals surface area contributed by atoms with Crippen LogP contribution in [0.4, 0.5) is 0 Å². The van der Waals surface area contributed by atoms with Gasteiger partial charge in [-0.25, -0.2) is 0 Å². The summed E-state index contributed by atoms with van der Waals surface area (Å²) in [5.41, 5.74) is -0.824. The molecule has 0 aliphatic carbocycles. The van der Waals surface area contributed by atoms with E-state index < -0.39 is 11.5 Å². The minimum atomic E-state index is -0.824. The molecule has 88 valence electrons. The van der Waals surface area contributed by atoms with Crippen molar-refractivity contribution in [3.63, 3.8) is 0 Å². The molecule has 0 saturated carbocycles. The van der Waals surface area contributed by atoms with Gasteiger partial charge in [-0.2, -0.15) is 0 Å². The van der Waals surface area contributed by atoms with E-state index in [9.17, 15) is 9.90 Å². The Balaban J connectivity index is 2.55. The maximum absolute atomic E-state index is 11.3. The van der Waals surface area contributed by atoms with Gasteiger partial charge in [-0.1, -0.05) is 0 Å². The van der Waals surface area contributed by atoms with E-state index >= 15 is 0 Å². The van der Waals surface area contributed by atoms with Crippen LogP contribution in [0.1, 0.15) is 19.3 Å². The Morgan fingerprint density at radius 1 is 1.53 bits per heavy atom. The van der Waals surface area contributed by atoms with Crippen LogP contribution in [0, 0.1) is 0 Å². The van der Waals surface area contributed by atoms with Crippen LogP contribution in [0.5, 0.6) is 0 Å². The fraction of sp³-hybridized carbons (Fsp3) is 0.900. The molecule has 1 saturated heterocycles. The zero-order chi connectivity index (χ0) is 11.1. The first-order valence-corrected chi connectivity index (χ1v) is 5.26. The van der Waals surface area contributed by atoms with Gasteiger partial charge in [0.1, 0.15) is 5.54 Å². The van der Waals surface area contributed by atoms with Crippen LogP contribution in [-0.4, -0.2) is 50.1 Å². The summed E-state index contributed by atoms with van der Waals surface area (Å²) in [6, 6.07) is 0. The second-order valence-electron chi connectivity index (χ2n) is 3.77. The van der Waals surface area contributed by atoms with E-state index in [1.807, 2.05) is 0 Å². The van der Waals surface area contributed by atoms with Crippen molar-refractivity contribution in [2.45, 2.75) is 24.8 Å². The second kappa shape index (κ2) is 6.05. The minimum absolute atomic E-state index is 0.506. The minimum Gasteiger partial charge on any atom is -0.480 e. The number of methoxy groups -OCH3 is 1. The summed E-state index contributed by atoms with van der Waals surface area (Å²) in [6.07, 6.45) is 1.92. The molecule has 1 aliphatic rings. The van der Waals surface area contributed by atoms with Gasteiger partial charge in [0.25, 0.3) is 0 Å². The number of carboxylic acids is 1. The average Bonchev–Trinajstić information content (AvgIpc) is 2.45. The molecule has 0 aromatic carbocycles. The van der Waals surface area contributed by atoms with Crippen molar-refractivity contribution in [1.29, 1.82) is 0 Å². The van der Waals surface area contributed by atoms with E-state index in [0.717, 1.165) is 6.42 Å². The Morgan fingerprint density at radius 2 is 2.33 bits per heavy atom. The summed E-state index contributed by atoms with van der Waals surface area (Å²) < 4.78 is 10.2. The molecule has 1 heterocycles. The number of hydrogen-bond acceptors (Lipinski definition) is 4. The Hall–Kier alpha value is -0.650. The molecule has 0 aromatic heterocycles. The standard InChI is InChI=1S/C10H19NO4/c1-14-8-5-11-10(9(12)13)3-2-6-15-7-4-10/h11H,2-8H2,1H3,(H,12,13). The Bertz CT molecular complexity index is 200. The lowest BCUT2D eigenvalue weighted by Gasteiger charge is -2.28. The molecular formula is C10H19NO4. The van der Waals surface area contributed by atoms with Gasteiger partial charge in [0, 0.05) is 26.9 Å². The third-order valence-electron chi connectivity index (χ3n) is 2.74. The lowest BCUT2D eigenvalue weighted by atomic mass is 9.90. The summed E-state index contributed by atoms with van der Waals surface area (Å²) in [7, 11) is 1.60. The van der Waals surface area contributed by atoms with Gasteiger partial charge in [-0.15, -0.1) is 0 Å². The third kappa shape index (κ3) is 3.44. The Labute approximate surface area is 89.8 Å². The second-order valence-corrected chi connectivity index (χ2v) is 3.77. The molecule has 2 N–H and O–H groups in total. The van der Waals surface area contributed by atoms with Crippen molar-refractivity contribution in [1.82, 2.24) is 5.32 Å². The molecule has 0 bridgehead atoms. The molecule has 5 heteroatoms.